The second kappa shape index (κ2) is 11.1. The third-order valence-corrected chi connectivity index (χ3v) is 6.69. The molecule has 10 nitrogen and oxygen atoms in total. The second-order valence-electron chi connectivity index (χ2n) is 6.98. The zero-order valence-corrected chi connectivity index (χ0v) is 19.3. The predicted molar refractivity (Wildman–Crippen MR) is 120 cm³/mol. The molecule has 33 heavy (non-hydrogen) atoms. The van der Waals surface area contributed by atoms with Crippen LogP contribution in [-0.2, 0) is 14.8 Å². The Bertz CT molecular complexity index is 1100. The van der Waals surface area contributed by atoms with Crippen molar-refractivity contribution in [3.63, 3.8) is 0 Å². The van der Waals surface area contributed by atoms with Gasteiger partial charge < -0.3 is 14.2 Å². The topological polar surface area (TPSA) is 123 Å². The first-order valence-corrected chi connectivity index (χ1v) is 12.0. The molecule has 2 N–H and O–H groups in total. The van der Waals surface area contributed by atoms with Crippen LogP contribution in [0, 0.1) is 0 Å². The summed E-state index contributed by atoms with van der Waals surface area (Å²) in [7, 11) is -3.75. The highest BCUT2D eigenvalue weighted by molar-refractivity contribution is 7.89. The summed E-state index contributed by atoms with van der Waals surface area (Å²) < 4.78 is 43.1. The van der Waals surface area contributed by atoms with E-state index in [1.165, 1.54) is 34.6 Å². The highest BCUT2D eigenvalue weighted by atomic mass is 32.2. The molecule has 0 radical (unpaired) electrons. The van der Waals surface area contributed by atoms with E-state index < -0.39 is 21.8 Å². The largest absolute Gasteiger partial charge is 0.490 e. The second-order valence-corrected chi connectivity index (χ2v) is 8.92. The molecule has 2 aromatic rings. The quantitative estimate of drug-likeness (QED) is 0.553. The van der Waals surface area contributed by atoms with Crippen LogP contribution in [0.15, 0.2) is 47.4 Å². The standard InChI is InChI=1S/C22H27N3O7S/c1-3-31-19-9-8-17(15-20(19)32-4-2)22(27)24-23-21(26)16-6-5-7-18(14-16)33(28,29)25-10-12-30-13-11-25/h5-9,14-15H,3-4,10-13H2,1-2H3,(H,23,26)(H,24,27). The number of hydrogen-bond acceptors (Lipinski definition) is 7. The van der Waals surface area contributed by atoms with Gasteiger partial charge in [-0.1, -0.05) is 6.07 Å². The van der Waals surface area contributed by atoms with Crippen LogP contribution in [-0.4, -0.2) is 64.1 Å². The fourth-order valence-electron chi connectivity index (χ4n) is 3.18. The summed E-state index contributed by atoms with van der Waals surface area (Å²) in [5, 5.41) is 0. The number of sulfonamides is 1. The number of ether oxygens (including phenoxy) is 3. The van der Waals surface area contributed by atoms with Gasteiger partial charge in [-0.05, 0) is 50.2 Å². The average molecular weight is 478 g/mol. The molecule has 1 fully saturated rings. The maximum atomic E-state index is 12.8. The minimum absolute atomic E-state index is 0.00348. The number of amides is 2. The number of nitrogens with zero attached hydrogens (tertiary/aromatic N) is 1. The van der Waals surface area contributed by atoms with E-state index in [4.69, 9.17) is 14.2 Å². The van der Waals surface area contributed by atoms with Gasteiger partial charge in [-0.3, -0.25) is 20.4 Å². The summed E-state index contributed by atoms with van der Waals surface area (Å²) in [6.45, 7) is 5.64. The lowest BCUT2D eigenvalue weighted by atomic mass is 10.2. The van der Waals surface area contributed by atoms with Crippen molar-refractivity contribution >= 4 is 21.8 Å². The van der Waals surface area contributed by atoms with E-state index in [0.717, 1.165) is 0 Å². The van der Waals surface area contributed by atoms with Crippen molar-refractivity contribution in [2.24, 2.45) is 0 Å². The number of morpholine rings is 1. The van der Waals surface area contributed by atoms with Crippen molar-refractivity contribution < 1.29 is 32.2 Å². The Morgan fingerprint density at radius 3 is 2.15 bits per heavy atom. The van der Waals surface area contributed by atoms with Gasteiger partial charge >= 0.3 is 0 Å². The maximum absolute atomic E-state index is 12.8. The lowest BCUT2D eigenvalue weighted by Crippen LogP contribution is -2.42. The van der Waals surface area contributed by atoms with Crippen LogP contribution in [0.3, 0.4) is 0 Å². The van der Waals surface area contributed by atoms with Gasteiger partial charge in [0.2, 0.25) is 10.0 Å². The molecule has 0 spiro atoms. The van der Waals surface area contributed by atoms with Crippen molar-refractivity contribution in [3.8, 4) is 11.5 Å². The summed E-state index contributed by atoms with van der Waals surface area (Å²) in [6.07, 6.45) is 0. The highest BCUT2D eigenvalue weighted by Gasteiger charge is 2.27. The predicted octanol–water partition coefficient (Wildman–Crippen LogP) is 1.58. The lowest BCUT2D eigenvalue weighted by molar-refractivity contribution is 0.0730. The molecule has 11 heteroatoms. The van der Waals surface area contributed by atoms with Crippen LogP contribution in [0.25, 0.3) is 0 Å². The number of carbonyl (C=O) groups excluding carboxylic acids is 2. The molecular formula is C22H27N3O7S. The Morgan fingerprint density at radius 2 is 1.52 bits per heavy atom. The van der Waals surface area contributed by atoms with E-state index in [1.807, 2.05) is 13.8 Å². The average Bonchev–Trinajstić information content (AvgIpc) is 2.84. The van der Waals surface area contributed by atoms with E-state index in [9.17, 15) is 18.0 Å². The van der Waals surface area contributed by atoms with Crippen molar-refractivity contribution in [2.45, 2.75) is 18.7 Å². The Kier molecular flexibility index (Phi) is 8.26. The fourth-order valence-corrected chi connectivity index (χ4v) is 4.64. The van der Waals surface area contributed by atoms with Crippen LogP contribution in [0.1, 0.15) is 34.6 Å². The molecule has 1 saturated heterocycles. The number of hydrazine groups is 1. The zero-order valence-electron chi connectivity index (χ0n) is 18.5. The van der Waals surface area contributed by atoms with E-state index in [0.29, 0.717) is 37.9 Å². The molecule has 178 valence electrons. The van der Waals surface area contributed by atoms with Crippen LogP contribution >= 0.6 is 0 Å². The molecule has 3 rings (SSSR count). The highest BCUT2D eigenvalue weighted by Crippen LogP contribution is 2.28. The smallest absolute Gasteiger partial charge is 0.269 e. The molecule has 0 aromatic heterocycles. The monoisotopic (exact) mass is 477 g/mol. The van der Waals surface area contributed by atoms with Crippen molar-refractivity contribution in [1.29, 1.82) is 0 Å². The van der Waals surface area contributed by atoms with Crippen LogP contribution in [0.4, 0.5) is 0 Å². The summed E-state index contributed by atoms with van der Waals surface area (Å²) in [4.78, 5) is 25.0. The Morgan fingerprint density at radius 1 is 0.909 bits per heavy atom. The van der Waals surface area contributed by atoms with Gasteiger partial charge in [0.15, 0.2) is 11.5 Å². The number of nitrogens with one attached hydrogen (secondary N) is 2. The molecular weight excluding hydrogens is 450 g/mol. The van der Waals surface area contributed by atoms with Crippen molar-refractivity contribution in [3.05, 3.63) is 53.6 Å². The first-order chi connectivity index (χ1) is 15.9. The van der Waals surface area contributed by atoms with Gasteiger partial charge in [-0.2, -0.15) is 4.31 Å². The molecule has 0 saturated carbocycles. The number of hydrogen-bond donors (Lipinski definition) is 2. The Balaban J connectivity index is 1.68. The minimum atomic E-state index is -3.75. The molecule has 0 unspecified atom stereocenters. The molecule has 0 atom stereocenters. The first-order valence-electron chi connectivity index (χ1n) is 10.5. The molecule has 0 aliphatic carbocycles. The third kappa shape index (κ3) is 6.01. The van der Waals surface area contributed by atoms with Gasteiger partial charge in [0.1, 0.15) is 0 Å². The normalized spacial score (nSPS) is 14.4. The fraction of sp³-hybridized carbons (Fsp3) is 0.364. The zero-order chi connectivity index (χ0) is 23.8. The number of benzene rings is 2. The summed E-state index contributed by atoms with van der Waals surface area (Å²) in [5.41, 5.74) is 4.98. The molecule has 1 aliphatic rings. The van der Waals surface area contributed by atoms with Gasteiger partial charge in [-0.25, -0.2) is 8.42 Å². The van der Waals surface area contributed by atoms with Gasteiger partial charge in [0, 0.05) is 24.2 Å². The van der Waals surface area contributed by atoms with Crippen LogP contribution in [0.5, 0.6) is 11.5 Å². The van der Waals surface area contributed by atoms with Crippen LogP contribution in [0.2, 0.25) is 0 Å². The van der Waals surface area contributed by atoms with Gasteiger partial charge in [0.05, 0.1) is 31.3 Å². The first kappa shape index (κ1) is 24.5. The van der Waals surface area contributed by atoms with Crippen molar-refractivity contribution in [1.82, 2.24) is 15.2 Å². The van der Waals surface area contributed by atoms with Crippen LogP contribution < -0.4 is 20.3 Å². The third-order valence-electron chi connectivity index (χ3n) is 4.80. The molecule has 2 amide bonds. The Labute approximate surface area is 192 Å². The van der Waals surface area contributed by atoms with Gasteiger partial charge in [0.25, 0.3) is 11.8 Å². The SMILES string of the molecule is CCOc1ccc(C(=O)NNC(=O)c2cccc(S(=O)(=O)N3CCOCC3)c2)cc1OCC. The molecule has 1 aliphatic heterocycles. The van der Waals surface area contributed by atoms with E-state index in [-0.39, 0.29) is 29.1 Å². The van der Waals surface area contributed by atoms with E-state index in [2.05, 4.69) is 10.9 Å². The molecule has 2 aromatic carbocycles. The van der Waals surface area contributed by atoms with Crippen molar-refractivity contribution in [2.75, 3.05) is 39.5 Å². The molecule has 1 heterocycles. The Hall–Kier alpha value is -3.15. The maximum Gasteiger partial charge on any atom is 0.269 e. The van der Waals surface area contributed by atoms with E-state index in [1.54, 1.807) is 12.1 Å². The number of carbonyl (C=O) groups is 2. The summed E-state index contributed by atoms with van der Waals surface area (Å²) in [5.74, 6) is -0.291. The van der Waals surface area contributed by atoms with Gasteiger partial charge in [-0.15, -0.1) is 0 Å². The molecule has 0 bridgehead atoms. The minimum Gasteiger partial charge on any atom is -0.490 e. The number of rotatable bonds is 8. The summed E-state index contributed by atoms with van der Waals surface area (Å²) in [6, 6.07) is 10.3. The lowest BCUT2D eigenvalue weighted by Gasteiger charge is -2.26. The summed E-state index contributed by atoms with van der Waals surface area (Å²) >= 11 is 0. The van der Waals surface area contributed by atoms with E-state index >= 15 is 0 Å².